The van der Waals surface area contributed by atoms with Gasteiger partial charge in [-0.25, -0.2) is 0 Å². The molecule has 1 spiro atoms. The van der Waals surface area contributed by atoms with Gasteiger partial charge in [0.15, 0.2) is 5.82 Å². The van der Waals surface area contributed by atoms with Gasteiger partial charge in [-0.15, -0.1) is 0 Å². The monoisotopic (exact) mass is 349 g/mol. The van der Waals surface area contributed by atoms with Crippen LogP contribution in [0.25, 0.3) is 0 Å². The zero-order chi connectivity index (χ0) is 18.0. The molecular weight excluding hydrogens is 318 g/mol. The fourth-order valence-electron chi connectivity index (χ4n) is 4.32. The average molecular weight is 349 g/mol. The van der Waals surface area contributed by atoms with Crippen LogP contribution in [0.5, 0.6) is 0 Å². The van der Waals surface area contributed by atoms with Gasteiger partial charge in [0.05, 0.1) is 12.6 Å². The molecule has 2 fully saturated rings. The third-order valence-corrected chi connectivity index (χ3v) is 5.77. The number of carbonyl (C=O) groups excluding carboxylic acids is 1. The second kappa shape index (κ2) is 7.41. The van der Waals surface area contributed by atoms with E-state index in [-0.39, 0.29) is 11.9 Å². The molecule has 3 heterocycles. The Labute approximate surface area is 150 Å². The summed E-state index contributed by atoms with van der Waals surface area (Å²) in [7, 11) is 4.03. The number of hydrogen-bond acceptors (Lipinski definition) is 6. The summed E-state index contributed by atoms with van der Waals surface area (Å²) < 4.78 is 5.02. The van der Waals surface area contributed by atoms with Crippen molar-refractivity contribution in [3.8, 4) is 0 Å². The van der Waals surface area contributed by atoms with Gasteiger partial charge in [-0.05, 0) is 57.8 Å². The maximum Gasteiger partial charge on any atom is 0.240 e. The number of piperidine rings is 1. The van der Waals surface area contributed by atoms with Crippen molar-refractivity contribution < 1.29 is 9.32 Å². The Morgan fingerprint density at radius 2 is 2.12 bits per heavy atom. The van der Waals surface area contributed by atoms with Gasteiger partial charge in [-0.3, -0.25) is 9.69 Å². The van der Waals surface area contributed by atoms with E-state index in [1.165, 1.54) is 12.8 Å². The molecule has 25 heavy (non-hydrogen) atoms. The Bertz CT molecular complexity index is 594. The SMILES string of the molecule is CCCN1CC2(CCN(C)CC2)CC1C(=O)N(C)Cc1noc(C)n1. The standard InChI is InChI=1S/C18H31N5O2/c1-5-8-23-13-18(6-9-21(3)10-7-18)11-15(23)17(24)22(4)12-16-19-14(2)25-20-16/h15H,5-13H2,1-4H3. The third kappa shape index (κ3) is 4.03. The van der Waals surface area contributed by atoms with Crippen LogP contribution in [-0.2, 0) is 11.3 Å². The van der Waals surface area contributed by atoms with Crippen molar-refractivity contribution in [3.63, 3.8) is 0 Å². The van der Waals surface area contributed by atoms with Gasteiger partial charge in [0.25, 0.3) is 0 Å². The van der Waals surface area contributed by atoms with Crippen LogP contribution < -0.4 is 0 Å². The molecule has 0 aromatic carbocycles. The normalized spacial score (nSPS) is 24.1. The predicted octanol–water partition coefficient (Wildman–Crippen LogP) is 1.53. The molecule has 0 N–H and O–H groups in total. The first-order chi connectivity index (χ1) is 11.9. The van der Waals surface area contributed by atoms with E-state index >= 15 is 0 Å². The summed E-state index contributed by atoms with van der Waals surface area (Å²) in [6.45, 7) is 8.68. The second-order valence-corrected chi connectivity index (χ2v) is 7.92. The predicted molar refractivity (Wildman–Crippen MR) is 94.9 cm³/mol. The smallest absolute Gasteiger partial charge is 0.240 e. The van der Waals surface area contributed by atoms with Crippen LogP contribution in [0.1, 0.15) is 44.3 Å². The number of carbonyl (C=O) groups is 1. The van der Waals surface area contributed by atoms with E-state index < -0.39 is 0 Å². The van der Waals surface area contributed by atoms with E-state index in [1.807, 2.05) is 7.05 Å². The average Bonchev–Trinajstić information content (AvgIpc) is 3.14. The maximum absolute atomic E-state index is 13.1. The van der Waals surface area contributed by atoms with E-state index in [4.69, 9.17) is 4.52 Å². The Balaban J connectivity index is 1.68. The van der Waals surface area contributed by atoms with E-state index in [1.54, 1.807) is 11.8 Å². The quantitative estimate of drug-likeness (QED) is 0.803. The lowest BCUT2D eigenvalue weighted by Crippen LogP contribution is -2.44. The Hall–Kier alpha value is -1.47. The van der Waals surface area contributed by atoms with Crippen LogP contribution in [-0.4, -0.2) is 77.1 Å². The molecule has 0 bridgehead atoms. The van der Waals surface area contributed by atoms with Gasteiger partial charge in [-0.1, -0.05) is 12.1 Å². The number of aromatic nitrogens is 2. The molecule has 2 saturated heterocycles. The van der Waals surface area contributed by atoms with Gasteiger partial charge in [-0.2, -0.15) is 4.98 Å². The van der Waals surface area contributed by atoms with Crippen LogP contribution in [0.15, 0.2) is 4.52 Å². The molecular formula is C18H31N5O2. The molecule has 0 aliphatic carbocycles. The number of aryl methyl sites for hydroxylation is 1. The van der Waals surface area contributed by atoms with Gasteiger partial charge >= 0.3 is 0 Å². The molecule has 7 heteroatoms. The van der Waals surface area contributed by atoms with Gasteiger partial charge < -0.3 is 14.3 Å². The van der Waals surface area contributed by atoms with Gasteiger partial charge in [0.2, 0.25) is 11.8 Å². The summed E-state index contributed by atoms with van der Waals surface area (Å²) >= 11 is 0. The van der Waals surface area contributed by atoms with Crippen molar-refractivity contribution in [1.82, 2.24) is 24.8 Å². The van der Waals surface area contributed by atoms with Crippen LogP contribution in [0.3, 0.4) is 0 Å². The summed E-state index contributed by atoms with van der Waals surface area (Å²) in [5.41, 5.74) is 0.311. The minimum absolute atomic E-state index is 0.0126. The highest BCUT2D eigenvalue weighted by molar-refractivity contribution is 5.82. The minimum atomic E-state index is -0.0126. The fraction of sp³-hybridized carbons (Fsp3) is 0.833. The molecule has 1 aromatic rings. The summed E-state index contributed by atoms with van der Waals surface area (Å²) in [4.78, 5) is 23.9. The highest BCUT2D eigenvalue weighted by Gasteiger charge is 2.47. The Kier molecular flexibility index (Phi) is 5.43. The lowest BCUT2D eigenvalue weighted by molar-refractivity contribution is -0.135. The molecule has 140 valence electrons. The largest absolute Gasteiger partial charge is 0.340 e. The lowest BCUT2D eigenvalue weighted by Gasteiger charge is -2.37. The van der Waals surface area contributed by atoms with E-state index in [9.17, 15) is 4.79 Å². The van der Waals surface area contributed by atoms with Crippen molar-refractivity contribution in [2.45, 2.75) is 52.1 Å². The summed E-state index contributed by atoms with van der Waals surface area (Å²) in [6.07, 6.45) is 4.45. The van der Waals surface area contributed by atoms with Crippen molar-refractivity contribution >= 4 is 5.91 Å². The van der Waals surface area contributed by atoms with E-state index in [0.717, 1.165) is 39.0 Å². The molecule has 1 amide bonds. The topological polar surface area (TPSA) is 65.7 Å². The Morgan fingerprint density at radius 3 is 2.72 bits per heavy atom. The third-order valence-electron chi connectivity index (χ3n) is 5.77. The van der Waals surface area contributed by atoms with Crippen molar-refractivity contribution in [1.29, 1.82) is 0 Å². The van der Waals surface area contributed by atoms with Gasteiger partial charge in [0.1, 0.15) is 0 Å². The molecule has 2 aliphatic heterocycles. The second-order valence-electron chi connectivity index (χ2n) is 7.92. The van der Waals surface area contributed by atoms with E-state index in [2.05, 4.69) is 33.9 Å². The Morgan fingerprint density at radius 1 is 1.40 bits per heavy atom. The number of likely N-dealkylation sites (N-methyl/N-ethyl adjacent to an activating group) is 1. The minimum Gasteiger partial charge on any atom is -0.340 e. The molecule has 1 unspecified atom stereocenters. The molecule has 7 nitrogen and oxygen atoms in total. The first-order valence-corrected chi connectivity index (χ1v) is 9.39. The van der Waals surface area contributed by atoms with Crippen LogP contribution in [0, 0.1) is 12.3 Å². The zero-order valence-corrected chi connectivity index (χ0v) is 16.0. The molecule has 0 saturated carbocycles. The van der Waals surface area contributed by atoms with Crippen LogP contribution in [0.2, 0.25) is 0 Å². The fourth-order valence-corrected chi connectivity index (χ4v) is 4.32. The van der Waals surface area contributed by atoms with Crippen LogP contribution in [0.4, 0.5) is 0 Å². The summed E-state index contributed by atoms with van der Waals surface area (Å²) in [6, 6.07) is -0.0126. The van der Waals surface area contributed by atoms with Crippen molar-refractivity contribution in [2.24, 2.45) is 5.41 Å². The van der Waals surface area contributed by atoms with Gasteiger partial charge in [0, 0.05) is 20.5 Å². The number of hydrogen-bond donors (Lipinski definition) is 0. The number of amides is 1. The number of nitrogens with zero attached hydrogens (tertiary/aromatic N) is 5. The molecule has 3 rings (SSSR count). The molecule has 2 aliphatic rings. The molecule has 1 atom stereocenters. The number of rotatable bonds is 5. The zero-order valence-electron chi connectivity index (χ0n) is 16.0. The van der Waals surface area contributed by atoms with Crippen molar-refractivity contribution in [2.75, 3.05) is 40.3 Å². The molecule has 1 aromatic heterocycles. The first-order valence-electron chi connectivity index (χ1n) is 9.39. The van der Waals surface area contributed by atoms with E-state index in [0.29, 0.717) is 23.7 Å². The highest BCUT2D eigenvalue weighted by Crippen LogP contribution is 2.43. The summed E-state index contributed by atoms with van der Waals surface area (Å²) in [5, 5.41) is 3.91. The number of likely N-dealkylation sites (tertiary alicyclic amines) is 2. The summed E-state index contributed by atoms with van der Waals surface area (Å²) in [5.74, 6) is 1.30. The van der Waals surface area contributed by atoms with Crippen molar-refractivity contribution in [3.05, 3.63) is 11.7 Å². The molecule has 0 radical (unpaired) electrons. The maximum atomic E-state index is 13.1. The first kappa shape index (κ1) is 18.3. The highest BCUT2D eigenvalue weighted by atomic mass is 16.5. The van der Waals surface area contributed by atoms with Crippen LogP contribution >= 0.6 is 0 Å². The lowest BCUT2D eigenvalue weighted by atomic mass is 9.76.